The zero-order valence-corrected chi connectivity index (χ0v) is 16.2. The number of benzene rings is 1. The Labute approximate surface area is 167 Å². The Kier molecular flexibility index (Phi) is 5.90. The molecule has 2 atom stereocenters. The van der Waals surface area contributed by atoms with Crippen LogP contribution in [0.15, 0.2) is 18.2 Å². The van der Waals surface area contributed by atoms with Crippen molar-refractivity contribution in [2.24, 2.45) is 17.6 Å². The molecule has 3 N–H and O–H groups in total. The van der Waals surface area contributed by atoms with E-state index in [9.17, 15) is 19.2 Å². The van der Waals surface area contributed by atoms with Gasteiger partial charge in [-0.3, -0.25) is 19.7 Å². The Bertz CT molecular complexity index is 839. The molecule has 0 aliphatic carbocycles. The highest BCUT2D eigenvalue weighted by atomic mass is 16.6. The number of ether oxygens (including phenoxy) is 3. The van der Waals surface area contributed by atoms with Crippen molar-refractivity contribution in [2.45, 2.75) is 26.4 Å². The number of hydrogen-bond donors (Lipinski definition) is 2. The van der Waals surface area contributed by atoms with Crippen molar-refractivity contribution in [1.82, 2.24) is 5.32 Å². The van der Waals surface area contributed by atoms with Gasteiger partial charge in [-0.05, 0) is 18.1 Å². The fourth-order valence-corrected chi connectivity index (χ4v) is 3.22. The monoisotopic (exact) mass is 405 g/mol. The Morgan fingerprint density at radius 1 is 1.21 bits per heavy atom. The predicted octanol–water partition coefficient (Wildman–Crippen LogP) is 0.573. The van der Waals surface area contributed by atoms with Gasteiger partial charge in [0.05, 0.1) is 5.92 Å². The normalized spacial score (nSPS) is 19.1. The summed E-state index contributed by atoms with van der Waals surface area (Å²) in [7, 11) is 0. The minimum Gasteiger partial charge on any atom is -0.486 e. The van der Waals surface area contributed by atoms with Crippen LogP contribution >= 0.6 is 0 Å². The molecule has 0 spiro atoms. The van der Waals surface area contributed by atoms with Crippen molar-refractivity contribution in [3.63, 3.8) is 0 Å². The molecule has 1 saturated heterocycles. The Morgan fingerprint density at radius 3 is 2.55 bits per heavy atom. The highest BCUT2D eigenvalue weighted by Gasteiger charge is 2.39. The number of hydrogen-bond acceptors (Lipinski definition) is 7. The molecule has 0 radical (unpaired) electrons. The van der Waals surface area contributed by atoms with Crippen molar-refractivity contribution in [3.8, 4) is 11.5 Å². The number of carbonyl (C=O) groups excluding carboxylic acids is 4. The lowest BCUT2D eigenvalue weighted by atomic mass is 10.1. The zero-order chi connectivity index (χ0) is 21.1. The van der Waals surface area contributed by atoms with Gasteiger partial charge in [-0.1, -0.05) is 13.8 Å². The molecule has 29 heavy (non-hydrogen) atoms. The molecule has 10 heteroatoms. The number of nitrogens with two attached hydrogens (primary N) is 1. The molecular weight excluding hydrogens is 382 g/mol. The van der Waals surface area contributed by atoms with Crippen LogP contribution in [0.2, 0.25) is 0 Å². The summed E-state index contributed by atoms with van der Waals surface area (Å²) < 4.78 is 16.3. The lowest BCUT2D eigenvalue weighted by Gasteiger charge is -2.23. The fourth-order valence-electron chi connectivity index (χ4n) is 3.22. The maximum atomic E-state index is 12.6. The van der Waals surface area contributed by atoms with Gasteiger partial charge in [0.1, 0.15) is 13.2 Å². The zero-order valence-electron chi connectivity index (χ0n) is 16.2. The van der Waals surface area contributed by atoms with Gasteiger partial charge < -0.3 is 24.8 Å². The van der Waals surface area contributed by atoms with Crippen LogP contribution in [0.5, 0.6) is 11.5 Å². The van der Waals surface area contributed by atoms with Gasteiger partial charge in [0.15, 0.2) is 17.6 Å². The van der Waals surface area contributed by atoms with E-state index in [-0.39, 0.29) is 24.8 Å². The topological polar surface area (TPSA) is 137 Å². The first-order valence-electron chi connectivity index (χ1n) is 9.27. The molecule has 1 aromatic rings. The third-order valence-electron chi connectivity index (χ3n) is 4.65. The smallest absolute Gasteiger partial charge is 0.318 e. The van der Waals surface area contributed by atoms with E-state index in [4.69, 9.17) is 19.9 Å². The summed E-state index contributed by atoms with van der Waals surface area (Å²) in [5.74, 6) is -1.71. The molecule has 2 heterocycles. The number of nitrogens with zero attached hydrogens (tertiary/aromatic N) is 1. The minimum atomic E-state index is -1.19. The highest BCUT2D eigenvalue weighted by molar-refractivity contribution is 6.00. The van der Waals surface area contributed by atoms with Crippen LogP contribution < -0.4 is 25.4 Å². The van der Waals surface area contributed by atoms with Gasteiger partial charge in [-0.15, -0.1) is 0 Å². The molecule has 2 aliphatic rings. The van der Waals surface area contributed by atoms with E-state index in [0.717, 1.165) is 0 Å². The summed E-state index contributed by atoms with van der Waals surface area (Å²) in [6.45, 7) is 4.33. The summed E-state index contributed by atoms with van der Waals surface area (Å²) in [4.78, 5) is 49.4. The van der Waals surface area contributed by atoms with E-state index < -0.39 is 29.9 Å². The molecule has 4 amide bonds. The van der Waals surface area contributed by atoms with Crippen molar-refractivity contribution in [1.29, 1.82) is 0 Å². The van der Waals surface area contributed by atoms with Gasteiger partial charge >= 0.3 is 12.0 Å². The highest BCUT2D eigenvalue weighted by Crippen LogP contribution is 2.36. The second-order valence-electron chi connectivity index (χ2n) is 7.19. The Morgan fingerprint density at radius 2 is 1.90 bits per heavy atom. The lowest BCUT2D eigenvalue weighted by molar-refractivity contribution is -0.161. The first kappa shape index (κ1) is 20.4. The predicted molar refractivity (Wildman–Crippen MR) is 100 cm³/mol. The van der Waals surface area contributed by atoms with Crippen LogP contribution in [-0.2, 0) is 19.1 Å². The number of amides is 4. The molecule has 3 rings (SSSR count). The molecular formula is C19H23N3O7. The number of rotatable bonds is 5. The summed E-state index contributed by atoms with van der Waals surface area (Å²) in [6, 6.07) is 4.09. The quantitative estimate of drug-likeness (QED) is 0.683. The summed E-state index contributed by atoms with van der Waals surface area (Å²) >= 11 is 0. The SMILES string of the molecule is CC(C)[C@@H](OC(=O)[C@H]1CC(=O)N(c2ccc3c(c2)OCCO3)C1)C(=O)NC(N)=O. The molecule has 156 valence electrons. The Balaban J connectivity index is 1.68. The van der Waals surface area contributed by atoms with Crippen molar-refractivity contribution >= 4 is 29.5 Å². The standard InChI is InChI=1S/C19H23N3O7/c1-10(2)16(17(24)21-19(20)26)29-18(25)11-7-15(23)22(9-11)12-3-4-13-14(8-12)28-6-5-27-13/h3-4,8,10-11,16H,5-7,9H2,1-2H3,(H3,20,21,24,26)/t11-,16+/m0/s1. The summed E-state index contributed by atoms with van der Waals surface area (Å²) in [6.07, 6.45) is -1.23. The van der Waals surface area contributed by atoms with Crippen molar-refractivity contribution in [2.75, 3.05) is 24.7 Å². The largest absolute Gasteiger partial charge is 0.486 e. The maximum Gasteiger partial charge on any atom is 0.318 e. The average molecular weight is 405 g/mol. The number of fused-ring (bicyclic) bond motifs is 1. The summed E-state index contributed by atoms with van der Waals surface area (Å²) in [5.41, 5.74) is 5.54. The van der Waals surface area contributed by atoms with Crippen LogP contribution in [0, 0.1) is 11.8 Å². The van der Waals surface area contributed by atoms with E-state index in [0.29, 0.717) is 30.4 Å². The molecule has 2 aliphatic heterocycles. The molecule has 1 fully saturated rings. The number of primary amides is 1. The minimum absolute atomic E-state index is 0.0461. The fraction of sp³-hybridized carbons (Fsp3) is 0.474. The molecule has 0 aromatic heterocycles. The van der Waals surface area contributed by atoms with E-state index in [2.05, 4.69) is 0 Å². The molecule has 0 bridgehead atoms. The summed E-state index contributed by atoms with van der Waals surface area (Å²) in [5, 5.41) is 1.91. The number of urea groups is 1. The average Bonchev–Trinajstić information content (AvgIpc) is 3.06. The first-order chi connectivity index (χ1) is 13.8. The van der Waals surface area contributed by atoms with Gasteiger partial charge in [0.25, 0.3) is 5.91 Å². The molecule has 1 aromatic carbocycles. The molecule has 0 unspecified atom stereocenters. The van der Waals surface area contributed by atoms with E-state index in [1.54, 1.807) is 32.0 Å². The third kappa shape index (κ3) is 4.58. The van der Waals surface area contributed by atoms with Crippen LogP contribution in [-0.4, -0.2) is 49.7 Å². The molecule has 0 saturated carbocycles. The van der Waals surface area contributed by atoms with Crippen LogP contribution in [0.25, 0.3) is 0 Å². The van der Waals surface area contributed by atoms with Gasteiger partial charge in [-0.25, -0.2) is 4.79 Å². The van der Waals surface area contributed by atoms with Gasteiger partial charge in [0.2, 0.25) is 5.91 Å². The van der Waals surface area contributed by atoms with Crippen molar-refractivity contribution in [3.05, 3.63) is 18.2 Å². The van der Waals surface area contributed by atoms with E-state index in [1.165, 1.54) is 4.90 Å². The number of carbonyl (C=O) groups is 4. The number of anilines is 1. The van der Waals surface area contributed by atoms with Crippen LogP contribution in [0.3, 0.4) is 0 Å². The number of esters is 1. The van der Waals surface area contributed by atoms with E-state index in [1.807, 2.05) is 5.32 Å². The Hall–Kier alpha value is -3.30. The number of imide groups is 1. The van der Waals surface area contributed by atoms with Crippen LogP contribution in [0.1, 0.15) is 20.3 Å². The number of nitrogens with one attached hydrogen (secondary N) is 1. The second kappa shape index (κ2) is 8.38. The van der Waals surface area contributed by atoms with Gasteiger partial charge in [-0.2, -0.15) is 0 Å². The second-order valence-corrected chi connectivity index (χ2v) is 7.19. The molecule has 10 nitrogen and oxygen atoms in total. The third-order valence-corrected chi connectivity index (χ3v) is 4.65. The lowest BCUT2D eigenvalue weighted by Crippen LogP contribution is -2.46. The van der Waals surface area contributed by atoms with Crippen LogP contribution in [0.4, 0.5) is 10.5 Å². The first-order valence-corrected chi connectivity index (χ1v) is 9.27. The van der Waals surface area contributed by atoms with E-state index >= 15 is 0 Å². The van der Waals surface area contributed by atoms with Crippen molar-refractivity contribution < 1.29 is 33.4 Å². The van der Waals surface area contributed by atoms with Gasteiger partial charge in [0, 0.05) is 24.7 Å². The maximum absolute atomic E-state index is 12.6.